The van der Waals surface area contributed by atoms with E-state index in [1.165, 1.54) is 6.20 Å². The van der Waals surface area contributed by atoms with E-state index in [9.17, 15) is 4.79 Å². The first kappa shape index (κ1) is 9.21. The Bertz CT molecular complexity index is 363. The van der Waals surface area contributed by atoms with E-state index in [0.29, 0.717) is 5.82 Å². The molecule has 1 aliphatic heterocycles. The smallest absolute Gasteiger partial charge is 0.290 e. The van der Waals surface area contributed by atoms with Gasteiger partial charge in [0.15, 0.2) is 5.82 Å². The summed E-state index contributed by atoms with van der Waals surface area (Å²) in [7, 11) is 0. The lowest BCUT2D eigenvalue weighted by atomic mass is 10.1. The second-order valence-corrected chi connectivity index (χ2v) is 3.38. The molecule has 1 aromatic heterocycles. The number of rotatable bonds is 2. The summed E-state index contributed by atoms with van der Waals surface area (Å²) in [5.41, 5.74) is -0.188. The average Bonchev–Trinajstić information content (AvgIpc) is 2.56. The highest BCUT2D eigenvalue weighted by atomic mass is 16.5. The fourth-order valence-corrected chi connectivity index (χ4v) is 1.55. The van der Waals surface area contributed by atoms with E-state index in [1.54, 1.807) is 6.20 Å². The highest BCUT2D eigenvalue weighted by Crippen LogP contribution is 2.15. The summed E-state index contributed by atoms with van der Waals surface area (Å²) < 4.78 is 5.37. The number of aromatic amines is 1. The van der Waals surface area contributed by atoms with Crippen LogP contribution in [0.1, 0.15) is 13.3 Å². The number of hydrogen-bond donors (Lipinski definition) is 2. The van der Waals surface area contributed by atoms with Gasteiger partial charge in [0.25, 0.3) is 5.56 Å². The first-order valence-corrected chi connectivity index (χ1v) is 4.69. The molecule has 0 aromatic carbocycles. The van der Waals surface area contributed by atoms with Crippen LogP contribution < -0.4 is 10.9 Å². The summed E-state index contributed by atoms with van der Waals surface area (Å²) in [6.45, 7) is 2.73. The molecule has 76 valence electrons. The highest BCUT2D eigenvalue weighted by Gasteiger charge is 2.24. The fourth-order valence-electron chi connectivity index (χ4n) is 1.55. The van der Waals surface area contributed by atoms with Crippen molar-refractivity contribution in [3.05, 3.63) is 22.7 Å². The third-order valence-corrected chi connectivity index (χ3v) is 2.41. The Balaban J connectivity index is 2.11. The standard InChI is InChI=1S/C9H13N3O2/c1-6-7(2-5-14-6)12-8-9(13)11-4-3-10-8/h3-4,6-7H,2,5H2,1H3,(H,10,12)(H,11,13). The minimum Gasteiger partial charge on any atom is -0.376 e. The lowest BCUT2D eigenvalue weighted by Crippen LogP contribution is -2.30. The van der Waals surface area contributed by atoms with Crippen molar-refractivity contribution in [2.75, 3.05) is 11.9 Å². The molecule has 0 bridgehead atoms. The molecule has 1 fully saturated rings. The number of H-pyrrole nitrogens is 1. The van der Waals surface area contributed by atoms with Gasteiger partial charge in [0, 0.05) is 19.0 Å². The van der Waals surface area contributed by atoms with Crippen LogP contribution >= 0.6 is 0 Å². The van der Waals surface area contributed by atoms with E-state index in [-0.39, 0.29) is 17.7 Å². The summed E-state index contributed by atoms with van der Waals surface area (Å²) in [6.07, 6.45) is 4.13. The molecule has 2 N–H and O–H groups in total. The number of nitrogens with one attached hydrogen (secondary N) is 2. The van der Waals surface area contributed by atoms with Crippen LogP contribution in [0.4, 0.5) is 5.82 Å². The van der Waals surface area contributed by atoms with Gasteiger partial charge in [0.05, 0.1) is 12.1 Å². The van der Waals surface area contributed by atoms with E-state index in [0.717, 1.165) is 13.0 Å². The van der Waals surface area contributed by atoms with Gasteiger partial charge in [-0.15, -0.1) is 0 Å². The Morgan fingerprint density at radius 2 is 2.57 bits per heavy atom. The van der Waals surface area contributed by atoms with E-state index < -0.39 is 0 Å². The normalized spacial score (nSPS) is 26.4. The van der Waals surface area contributed by atoms with Crippen LogP contribution in [0.25, 0.3) is 0 Å². The van der Waals surface area contributed by atoms with Crippen molar-refractivity contribution >= 4 is 5.82 Å². The molecule has 0 amide bonds. The zero-order valence-electron chi connectivity index (χ0n) is 7.99. The van der Waals surface area contributed by atoms with Crippen LogP contribution in [0.15, 0.2) is 17.2 Å². The Morgan fingerprint density at radius 3 is 3.21 bits per heavy atom. The third-order valence-electron chi connectivity index (χ3n) is 2.41. The van der Waals surface area contributed by atoms with E-state index in [2.05, 4.69) is 15.3 Å². The Labute approximate surface area is 81.5 Å². The maximum Gasteiger partial charge on any atom is 0.290 e. The van der Waals surface area contributed by atoms with Gasteiger partial charge in [-0.2, -0.15) is 0 Å². The predicted octanol–water partition coefficient (Wildman–Crippen LogP) is 0.359. The van der Waals surface area contributed by atoms with Crippen molar-refractivity contribution in [3.8, 4) is 0 Å². The van der Waals surface area contributed by atoms with Crippen molar-refractivity contribution in [3.63, 3.8) is 0 Å². The molecular weight excluding hydrogens is 182 g/mol. The molecule has 0 aliphatic carbocycles. The Kier molecular flexibility index (Phi) is 2.49. The molecule has 5 heteroatoms. The number of hydrogen-bond acceptors (Lipinski definition) is 4. The molecule has 2 heterocycles. The SMILES string of the molecule is CC1OCCC1Nc1ncc[nH]c1=O. The number of aromatic nitrogens is 2. The quantitative estimate of drug-likeness (QED) is 0.715. The molecule has 0 radical (unpaired) electrons. The van der Waals surface area contributed by atoms with Crippen molar-refractivity contribution in [1.82, 2.24) is 9.97 Å². The number of ether oxygens (including phenoxy) is 1. The monoisotopic (exact) mass is 195 g/mol. The largest absolute Gasteiger partial charge is 0.376 e. The van der Waals surface area contributed by atoms with Crippen LogP contribution in [0.5, 0.6) is 0 Å². The summed E-state index contributed by atoms with van der Waals surface area (Å²) in [6, 6.07) is 0.186. The molecular formula is C9H13N3O2. The summed E-state index contributed by atoms with van der Waals surface area (Å²) in [5.74, 6) is 0.370. The molecule has 2 unspecified atom stereocenters. The van der Waals surface area contributed by atoms with Crippen LogP contribution in [-0.2, 0) is 4.74 Å². The molecule has 0 saturated carbocycles. The van der Waals surface area contributed by atoms with Crippen LogP contribution in [0, 0.1) is 0 Å². The van der Waals surface area contributed by atoms with Crippen LogP contribution in [0.3, 0.4) is 0 Å². The molecule has 14 heavy (non-hydrogen) atoms. The Hall–Kier alpha value is -1.36. The van der Waals surface area contributed by atoms with E-state index >= 15 is 0 Å². The molecule has 1 aliphatic rings. The lowest BCUT2D eigenvalue weighted by molar-refractivity contribution is 0.121. The fraction of sp³-hybridized carbons (Fsp3) is 0.556. The van der Waals surface area contributed by atoms with Crippen LogP contribution in [0.2, 0.25) is 0 Å². The highest BCUT2D eigenvalue weighted by molar-refractivity contribution is 5.32. The second kappa shape index (κ2) is 3.79. The van der Waals surface area contributed by atoms with Crippen LogP contribution in [-0.4, -0.2) is 28.7 Å². The Morgan fingerprint density at radius 1 is 1.71 bits per heavy atom. The molecule has 0 spiro atoms. The van der Waals surface area contributed by atoms with Crippen molar-refractivity contribution < 1.29 is 4.74 Å². The average molecular weight is 195 g/mol. The van der Waals surface area contributed by atoms with Crippen molar-refractivity contribution in [2.24, 2.45) is 0 Å². The summed E-state index contributed by atoms with van der Waals surface area (Å²) in [4.78, 5) is 17.8. The molecule has 2 rings (SSSR count). The second-order valence-electron chi connectivity index (χ2n) is 3.38. The third kappa shape index (κ3) is 1.77. The van der Waals surface area contributed by atoms with Gasteiger partial charge in [-0.3, -0.25) is 4.79 Å². The summed E-state index contributed by atoms with van der Waals surface area (Å²) >= 11 is 0. The maximum absolute atomic E-state index is 11.3. The first-order valence-electron chi connectivity index (χ1n) is 4.69. The number of nitrogens with zero attached hydrogens (tertiary/aromatic N) is 1. The van der Waals surface area contributed by atoms with Crippen molar-refractivity contribution in [1.29, 1.82) is 0 Å². The molecule has 1 aromatic rings. The lowest BCUT2D eigenvalue weighted by Gasteiger charge is -2.15. The summed E-state index contributed by atoms with van der Waals surface area (Å²) in [5, 5.41) is 3.08. The molecule has 5 nitrogen and oxygen atoms in total. The molecule has 2 atom stereocenters. The molecule has 1 saturated heterocycles. The van der Waals surface area contributed by atoms with Gasteiger partial charge in [-0.05, 0) is 13.3 Å². The predicted molar refractivity (Wildman–Crippen MR) is 52.3 cm³/mol. The minimum absolute atomic E-state index is 0.136. The zero-order valence-corrected chi connectivity index (χ0v) is 7.99. The maximum atomic E-state index is 11.3. The van der Waals surface area contributed by atoms with Gasteiger partial charge >= 0.3 is 0 Å². The topological polar surface area (TPSA) is 67.0 Å². The van der Waals surface area contributed by atoms with Gasteiger partial charge < -0.3 is 15.0 Å². The van der Waals surface area contributed by atoms with Gasteiger partial charge in [0.1, 0.15) is 0 Å². The van der Waals surface area contributed by atoms with Gasteiger partial charge in [-0.1, -0.05) is 0 Å². The van der Waals surface area contributed by atoms with Crippen molar-refractivity contribution in [2.45, 2.75) is 25.5 Å². The number of anilines is 1. The minimum atomic E-state index is -0.188. The van der Waals surface area contributed by atoms with E-state index in [1.807, 2.05) is 6.92 Å². The zero-order chi connectivity index (χ0) is 9.97. The van der Waals surface area contributed by atoms with E-state index in [4.69, 9.17) is 4.74 Å². The van der Waals surface area contributed by atoms with Gasteiger partial charge in [0.2, 0.25) is 0 Å². The van der Waals surface area contributed by atoms with Gasteiger partial charge in [-0.25, -0.2) is 4.98 Å². The first-order chi connectivity index (χ1) is 6.77.